The lowest BCUT2D eigenvalue weighted by Crippen LogP contribution is -2.45. The van der Waals surface area contributed by atoms with Crippen LogP contribution in [0.15, 0.2) is 0 Å². The normalized spacial score (nSPS) is 29.3. The predicted molar refractivity (Wildman–Crippen MR) is 80.9 cm³/mol. The van der Waals surface area contributed by atoms with Crippen molar-refractivity contribution < 1.29 is 9.53 Å². The van der Waals surface area contributed by atoms with Gasteiger partial charge in [-0.3, -0.25) is 4.90 Å². The van der Waals surface area contributed by atoms with Crippen LogP contribution in [-0.2, 0) is 4.74 Å². The molecule has 0 N–H and O–H groups in total. The van der Waals surface area contributed by atoms with Crippen LogP contribution in [0.1, 0.15) is 59.8 Å². The van der Waals surface area contributed by atoms with Gasteiger partial charge in [0.2, 0.25) is 0 Å². The minimum atomic E-state index is -0.401. The lowest BCUT2D eigenvalue weighted by atomic mass is 9.91. The van der Waals surface area contributed by atoms with Crippen LogP contribution in [0.5, 0.6) is 0 Å². The van der Waals surface area contributed by atoms with Gasteiger partial charge in [0.05, 0.1) is 0 Å². The molecule has 0 spiro atoms. The summed E-state index contributed by atoms with van der Waals surface area (Å²) in [4.78, 5) is 16.7. The van der Waals surface area contributed by atoms with Gasteiger partial charge >= 0.3 is 6.09 Å². The zero-order chi connectivity index (χ0) is 14.8. The molecule has 4 heteroatoms. The van der Waals surface area contributed by atoms with Crippen LogP contribution in [0.3, 0.4) is 0 Å². The smallest absolute Gasteiger partial charge is 0.410 e. The first-order valence-electron chi connectivity index (χ1n) is 8.03. The Bertz CT molecular complexity index is 345. The highest BCUT2D eigenvalue weighted by Gasteiger charge is 2.36. The standard InChI is InChI=1S/C16H30N2O2/c1-15(2,3)20-14(19)17-10-7-8-16(4,9-13-17)18-11-5-6-12-18/h5-13H2,1-4H3. The topological polar surface area (TPSA) is 32.8 Å². The van der Waals surface area contributed by atoms with Gasteiger partial charge in [0, 0.05) is 18.6 Å². The maximum Gasteiger partial charge on any atom is 0.410 e. The summed E-state index contributed by atoms with van der Waals surface area (Å²) in [7, 11) is 0. The molecule has 0 aromatic heterocycles. The Hall–Kier alpha value is -0.770. The zero-order valence-corrected chi connectivity index (χ0v) is 13.6. The van der Waals surface area contributed by atoms with E-state index in [4.69, 9.17) is 4.74 Å². The van der Waals surface area contributed by atoms with Crippen LogP contribution in [-0.4, -0.2) is 53.2 Å². The number of rotatable bonds is 1. The van der Waals surface area contributed by atoms with Crippen molar-refractivity contribution in [2.75, 3.05) is 26.2 Å². The quantitative estimate of drug-likeness (QED) is 0.740. The maximum atomic E-state index is 12.2. The molecule has 4 nitrogen and oxygen atoms in total. The Morgan fingerprint density at radius 2 is 1.65 bits per heavy atom. The van der Waals surface area contributed by atoms with Crippen molar-refractivity contribution in [2.45, 2.75) is 70.9 Å². The molecule has 2 heterocycles. The van der Waals surface area contributed by atoms with Crippen molar-refractivity contribution in [3.63, 3.8) is 0 Å². The first kappa shape index (κ1) is 15.6. The Balaban J connectivity index is 1.93. The molecule has 2 fully saturated rings. The molecule has 0 radical (unpaired) electrons. The molecule has 20 heavy (non-hydrogen) atoms. The largest absolute Gasteiger partial charge is 0.444 e. The monoisotopic (exact) mass is 282 g/mol. The highest BCUT2D eigenvalue weighted by atomic mass is 16.6. The second-order valence-corrected chi connectivity index (χ2v) is 7.51. The number of carbonyl (C=O) groups excluding carboxylic acids is 1. The van der Waals surface area contributed by atoms with E-state index >= 15 is 0 Å². The zero-order valence-electron chi connectivity index (χ0n) is 13.6. The van der Waals surface area contributed by atoms with E-state index in [2.05, 4.69) is 11.8 Å². The molecule has 0 aromatic rings. The third-order valence-corrected chi connectivity index (χ3v) is 4.58. The second kappa shape index (κ2) is 5.92. The highest BCUT2D eigenvalue weighted by Crippen LogP contribution is 2.31. The van der Waals surface area contributed by atoms with Gasteiger partial charge in [-0.1, -0.05) is 0 Å². The third-order valence-electron chi connectivity index (χ3n) is 4.58. The van der Waals surface area contributed by atoms with Gasteiger partial charge in [-0.15, -0.1) is 0 Å². The summed E-state index contributed by atoms with van der Waals surface area (Å²) in [6.07, 6.45) is 5.82. The number of likely N-dealkylation sites (tertiary alicyclic amines) is 2. The number of carbonyl (C=O) groups is 1. The van der Waals surface area contributed by atoms with Crippen LogP contribution in [0, 0.1) is 0 Å². The van der Waals surface area contributed by atoms with E-state index in [1.807, 2.05) is 25.7 Å². The van der Waals surface area contributed by atoms with Crippen molar-refractivity contribution in [3.8, 4) is 0 Å². The second-order valence-electron chi connectivity index (χ2n) is 7.51. The van der Waals surface area contributed by atoms with Crippen molar-refractivity contribution in [1.82, 2.24) is 9.80 Å². The summed E-state index contributed by atoms with van der Waals surface area (Å²) in [6, 6.07) is 0. The van der Waals surface area contributed by atoms with Crippen LogP contribution < -0.4 is 0 Å². The van der Waals surface area contributed by atoms with E-state index in [0.717, 1.165) is 25.9 Å². The molecular weight excluding hydrogens is 252 g/mol. The van der Waals surface area contributed by atoms with Gasteiger partial charge in [-0.2, -0.15) is 0 Å². The predicted octanol–water partition coefficient (Wildman–Crippen LogP) is 3.26. The van der Waals surface area contributed by atoms with Gasteiger partial charge in [-0.25, -0.2) is 4.79 Å². The summed E-state index contributed by atoms with van der Waals surface area (Å²) < 4.78 is 5.50. The number of nitrogens with zero attached hydrogens (tertiary/aromatic N) is 2. The van der Waals surface area contributed by atoms with Crippen molar-refractivity contribution >= 4 is 6.09 Å². The van der Waals surface area contributed by atoms with E-state index < -0.39 is 5.60 Å². The lowest BCUT2D eigenvalue weighted by molar-refractivity contribution is 0.0245. The summed E-state index contributed by atoms with van der Waals surface area (Å²) in [5.74, 6) is 0. The van der Waals surface area contributed by atoms with E-state index in [-0.39, 0.29) is 11.6 Å². The molecule has 116 valence electrons. The Morgan fingerprint density at radius 1 is 1.00 bits per heavy atom. The average molecular weight is 282 g/mol. The molecule has 2 rings (SSSR count). The van der Waals surface area contributed by atoms with E-state index in [1.165, 1.54) is 32.4 Å². The highest BCUT2D eigenvalue weighted by molar-refractivity contribution is 5.68. The molecule has 2 aliphatic heterocycles. The molecule has 1 amide bonds. The third kappa shape index (κ3) is 3.87. The maximum absolute atomic E-state index is 12.2. The number of hydrogen-bond donors (Lipinski definition) is 0. The number of ether oxygens (including phenoxy) is 1. The van der Waals surface area contributed by atoms with Crippen molar-refractivity contribution in [3.05, 3.63) is 0 Å². The van der Waals surface area contributed by atoms with Gasteiger partial charge in [0.1, 0.15) is 5.60 Å². The molecule has 1 unspecified atom stereocenters. The van der Waals surface area contributed by atoms with Crippen molar-refractivity contribution in [2.24, 2.45) is 0 Å². The molecular formula is C16H30N2O2. The summed E-state index contributed by atoms with van der Waals surface area (Å²) >= 11 is 0. The van der Waals surface area contributed by atoms with Crippen LogP contribution >= 0.6 is 0 Å². The molecule has 2 saturated heterocycles. The molecule has 1 atom stereocenters. The summed E-state index contributed by atoms with van der Waals surface area (Å²) in [5.41, 5.74) is -0.130. The summed E-state index contributed by atoms with van der Waals surface area (Å²) in [5, 5.41) is 0. The van der Waals surface area contributed by atoms with E-state index in [0.29, 0.717) is 0 Å². The fourth-order valence-corrected chi connectivity index (χ4v) is 3.35. The number of hydrogen-bond acceptors (Lipinski definition) is 3. The molecule has 0 aliphatic carbocycles. The van der Waals surface area contributed by atoms with Crippen LogP contribution in [0.25, 0.3) is 0 Å². The minimum absolute atomic E-state index is 0.150. The van der Waals surface area contributed by atoms with Gasteiger partial charge in [-0.05, 0) is 72.9 Å². The molecule has 0 saturated carbocycles. The van der Waals surface area contributed by atoms with Gasteiger partial charge in [0.25, 0.3) is 0 Å². The molecule has 0 aromatic carbocycles. The Morgan fingerprint density at radius 3 is 2.25 bits per heavy atom. The van der Waals surface area contributed by atoms with Crippen LogP contribution in [0.2, 0.25) is 0 Å². The van der Waals surface area contributed by atoms with Gasteiger partial charge in [0.15, 0.2) is 0 Å². The summed E-state index contributed by atoms with van der Waals surface area (Å²) in [6.45, 7) is 12.3. The molecule has 2 aliphatic rings. The van der Waals surface area contributed by atoms with Crippen molar-refractivity contribution in [1.29, 1.82) is 0 Å². The number of amides is 1. The fraction of sp³-hybridized carbons (Fsp3) is 0.938. The lowest BCUT2D eigenvalue weighted by Gasteiger charge is -2.38. The van der Waals surface area contributed by atoms with E-state index in [9.17, 15) is 4.79 Å². The Kier molecular flexibility index (Phi) is 4.62. The SMILES string of the molecule is CC(C)(C)OC(=O)N1CCCC(C)(N2CCCC2)CC1. The van der Waals surface area contributed by atoms with Crippen LogP contribution in [0.4, 0.5) is 4.79 Å². The first-order chi connectivity index (χ1) is 9.30. The minimum Gasteiger partial charge on any atom is -0.444 e. The first-order valence-corrected chi connectivity index (χ1v) is 8.03. The Labute approximate surface area is 123 Å². The average Bonchev–Trinajstić information content (AvgIpc) is 2.78. The van der Waals surface area contributed by atoms with Gasteiger partial charge < -0.3 is 9.64 Å². The van der Waals surface area contributed by atoms with E-state index in [1.54, 1.807) is 0 Å². The molecule has 0 bridgehead atoms. The fourth-order valence-electron chi connectivity index (χ4n) is 3.35.